The molecule has 2 aromatic rings. The molecule has 1 N–H and O–H groups in total. The van der Waals surface area contributed by atoms with Gasteiger partial charge in [-0.2, -0.15) is 5.01 Å². The number of hydrazine groups is 1. The molecule has 0 aliphatic carbocycles. The van der Waals surface area contributed by atoms with Crippen LogP contribution in [0.15, 0.2) is 50.2 Å². The minimum absolute atomic E-state index is 0.245. The fourth-order valence-corrected chi connectivity index (χ4v) is 4.68. The Morgan fingerprint density at radius 3 is 2.60 bits per heavy atom. The van der Waals surface area contributed by atoms with Crippen LogP contribution >= 0.6 is 55.8 Å². The first-order valence-corrected chi connectivity index (χ1v) is 11.5. The number of thioether (sulfide) groups is 1. The van der Waals surface area contributed by atoms with E-state index >= 15 is 0 Å². The Kier molecular flexibility index (Phi) is 7.56. The van der Waals surface area contributed by atoms with Gasteiger partial charge in [0.05, 0.1) is 23.1 Å². The summed E-state index contributed by atoms with van der Waals surface area (Å²) in [5.41, 5.74) is 3.71. The molecule has 10 heteroatoms. The van der Waals surface area contributed by atoms with Gasteiger partial charge in [-0.1, -0.05) is 27.7 Å². The average molecular weight is 572 g/mol. The molecule has 0 unspecified atom stereocenters. The number of carbonyl (C=O) groups excluding carboxylic acids is 2. The van der Waals surface area contributed by atoms with Crippen LogP contribution < -0.4 is 14.9 Å². The number of rotatable bonds is 6. The van der Waals surface area contributed by atoms with Crippen LogP contribution in [0.3, 0.4) is 0 Å². The minimum Gasteiger partial charge on any atom is -0.492 e. The van der Waals surface area contributed by atoms with E-state index in [9.17, 15) is 9.59 Å². The molecule has 6 nitrogen and oxygen atoms in total. The van der Waals surface area contributed by atoms with Crippen LogP contribution in [0.2, 0.25) is 0 Å². The number of hydrogen-bond donors (Lipinski definition) is 1. The fraction of sp³-hybridized carbons (Fsp3) is 0.150. The Hall–Kier alpha value is -1.88. The minimum atomic E-state index is -0.425. The number of carbonyl (C=O) groups is 2. The number of nitrogens with one attached hydrogen (secondary N) is 1. The fourth-order valence-electron chi connectivity index (χ4n) is 2.62. The maximum absolute atomic E-state index is 12.8. The third-order valence-electron chi connectivity index (χ3n) is 3.95. The smallest absolute Gasteiger partial charge is 0.285 e. The van der Waals surface area contributed by atoms with Crippen molar-refractivity contribution in [2.24, 2.45) is 0 Å². The number of nitrogens with zero attached hydrogens (tertiary/aromatic N) is 1. The van der Waals surface area contributed by atoms with Crippen LogP contribution in [0.5, 0.6) is 11.5 Å². The summed E-state index contributed by atoms with van der Waals surface area (Å²) in [5.74, 6) is 0.300. The molecule has 2 aromatic carbocycles. The highest BCUT2D eigenvalue weighted by Crippen LogP contribution is 2.38. The van der Waals surface area contributed by atoms with E-state index in [1.54, 1.807) is 43.5 Å². The van der Waals surface area contributed by atoms with Crippen molar-refractivity contribution in [3.63, 3.8) is 0 Å². The Morgan fingerprint density at radius 1 is 1.27 bits per heavy atom. The molecule has 2 amide bonds. The Bertz CT molecular complexity index is 1040. The van der Waals surface area contributed by atoms with Crippen molar-refractivity contribution in [2.75, 3.05) is 13.7 Å². The summed E-state index contributed by atoms with van der Waals surface area (Å²) in [6.07, 6.45) is 1.69. The molecule has 1 aliphatic heterocycles. The van der Waals surface area contributed by atoms with Crippen molar-refractivity contribution < 1.29 is 19.1 Å². The lowest BCUT2D eigenvalue weighted by molar-refractivity contribution is -0.123. The van der Waals surface area contributed by atoms with Crippen molar-refractivity contribution in [1.82, 2.24) is 10.4 Å². The molecule has 0 spiro atoms. The molecule has 0 saturated carbocycles. The van der Waals surface area contributed by atoms with Gasteiger partial charge in [-0.05, 0) is 83.1 Å². The van der Waals surface area contributed by atoms with E-state index in [4.69, 9.17) is 21.7 Å². The van der Waals surface area contributed by atoms with Crippen LogP contribution in [-0.4, -0.2) is 34.9 Å². The van der Waals surface area contributed by atoms with Gasteiger partial charge >= 0.3 is 0 Å². The van der Waals surface area contributed by atoms with Crippen molar-refractivity contribution in [1.29, 1.82) is 0 Å². The molecule has 0 bridgehead atoms. The monoisotopic (exact) mass is 570 g/mol. The second kappa shape index (κ2) is 9.95. The van der Waals surface area contributed by atoms with Crippen LogP contribution in [0.25, 0.3) is 6.08 Å². The van der Waals surface area contributed by atoms with E-state index in [1.165, 1.54) is 0 Å². The molecular weight excluding hydrogens is 556 g/mol. The summed E-state index contributed by atoms with van der Waals surface area (Å²) < 4.78 is 12.8. The molecule has 0 radical (unpaired) electrons. The number of thiocarbonyl (C=S) groups is 1. The zero-order valence-corrected chi connectivity index (χ0v) is 20.7. The van der Waals surface area contributed by atoms with E-state index < -0.39 is 11.8 Å². The zero-order valence-electron chi connectivity index (χ0n) is 15.9. The first-order chi connectivity index (χ1) is 14.3. The van der Waals surface area contributed by atoms with Gasteiger partial charge in [0.2, 0.25) is 0 Å². The van der Waals surface area contributed by atoms with Crippen LogP contribution in [0.1, 0.15) is 22.8 Å². The second-order valence-corrected chi connectivity index (χ2v) is 9.38. The second-order valence-electron chi connectivity index (χ2n) is 5.93. The van der Waals surface area contributed by atoms with Crippen molar-refractivity contribution in [3.8, 4) is 11.5 Å². The first kappa shape index (κ1) is 22.8. The highest BCUT2D eigenvalue weighted by Gasteiger charge is 2.34. The van der Waals surface area contributed by atoms with Gasteiger partial charge in [0.25, 0.3) is 11.8 Å². The van der Waals surface area contributed by atoms with E-state index in [0.29, 0.717) is 33.0 Å². The third-order valence-corrected chi connectivity index (χ3v) is 6.37. The molecule has 1 heterocycles. The molecule has 0 aromatic heterocycles. The summed E-state index contributed by atoms with van der Waals surface area (Å²) in [6.45, 7) is 2.34. The number of halogens is 2. The van der Waals surface area contributed by atoms with Gasteiger partial charge in [-0.3, -0.25) is 15.0 Å². The molecule has 30 heavy (non-hydrogen) atoms. The highest BCUT2D eigenvalue weighted by atomic mass is 79.9. The van der Waals surface area contributed by atoms with E-state index in [1.807, 2.05) is 13.0 Å². The number of hydrogen-bond acceptors (Lipinski definition) is 6. The van der Waals surface area contributed by atoms with E-state index in [2.05, 4.69) is 37.3 Å². The van der Waals surface area contributed by atoms with Gasteiger partial charge in [0.1, 0.15) is 0 Å². The maximum atomic E-state index is 12.8. The Labute approximate surface area is 200 Å². The lowest BCUT2D eigenvalue weighted by Gasteiger charge is -2.15. The zero-order chi connectivity index (χ0) is 21.8. The predicted octanol–water partition coefficient (Wildman–Crippen LogP) is 5.17. The Balaban J connectivity index is 1.82. The molecule has 3 rings (SSSR count). The molecule has 1 saturated heterocycles. The predicted molar refractivity (Wildman–Crippen MR) is 128 cm³/mol. The molecule has 1 fully saturated rings. The largest absolute Gasteiger partial charge is 0.492 e. The summed E-state index contributed by atoms with van der Waals surface area (Å²) in [5, 5.41) is 1.08. The summed E-state index contributed by atoms with van der Waals surface area (Å²) in [6, 6.07) is 10.4. The first-order valence-electron chi connectivity index (χ1n) is 8.69. The average Bonchev–Trinajstić information content (AvgIpc) is 2.96. The van der Waals surface area contributed by atoms with E-state index in [0.717, 1.165) is 26.8 Å². The van der Waals surface area contributed by atoms with Gasteiger partial charge in [0, 0.05) is 10.0 Å². The van der Waals surface area contributed by atoms with Crippen LogP contribution in [-0.2, 0) is 4.79 Å². The standard InChI is InChI=1S/C20H16Br2N2O4S2/c1-3-28-15-9-11(8-14(22)17(15)27-2)10-16-19(26)24(20(29)30-16)23-18(25)12-4-6-13(21)7-5-12/h4-10H,3H2,1-2H3,(H,23,25)/b16-10-. The SMILES string of the molecule is CCOc1cc(/C=C2\SC(=S)N(NC(=O)c3ccc(Br)cc3)C2=O)cc(Br)c1OC. The summed E-state index contributed by atoms with van der Waals surface area (Å²) in [7, 11) is 1.56. The van der Waals surface area contributed by atoms with Crippen molar-refractivity contribution in [3.05, 3.63) is 61.4 Å². The third kappa shape index (κ3) is 5.05. The number of benzene rings is 2. The number of amides is 2. The maximum Gasteiger partial charge on any atom is 0.285 e. The quantitative estimate of drug-likeness (QED) is 0.381. The molecular formula is C20H16Br2N2O4S2. The topological polar surface area (TPSA) is 67.9 Å². The lowest BCUT2D eigenvalue weighted by atomic mass is 10.2. The van der Waals surface area contributed by atoms with E-state index in [-0.39, 0.29) is 4.32 Å². The van der Waals surface area contributed by atoms with Crippen molar-refractivity contribution >= 4 is 78.1 Å². The molecule has 156 valence electrons. The molecule has 1 aliphatic rings. The highest BCUT2D eigenvalue weighted by molar-refractivity contribution is 9.10. The summed E-state index contributed by atoms with van der Waals surface area (Å²) >= 11 is 13.2. The van der Waals surface area contributed by atoms with Gasteiger partial charge in [-0.15, -0.1) is 0 Å². The van der Waals surface area contributed by atoms with Crippen molar-refractivity contribution in [2.45, 2.75) is 6.92 Å². The van der Waals surface area contributed by atoms with Gasteiger partial charge in [-0.25, -0.2) is 0 Å². The lowest BCUT2D eigenvalue weighted by Crippen LogP contribution is -2.44. The van der Waals surface area contributed by atoms with Crippen LogP contribution in [0, 0.1) is 0 Å². The normalized spacial score (nSPS) is 14.9. The van der Waals surface area contributed by atoms with Crippen LogP contribution in [0.4, 0.5) is 0 Å². The summed E-state index contributed by atoms with van der Waals surface area (Å²) in [4.78, 5) is 25.7. The van der Waals surface area contributed by atoms with Gasteiger partial charge in [0.15, 0.2) is 15.8 Å². The number of methoxy groups -OCH3 is 1. The number of ether oxygens (including phenoxy) is 2. The van der Waals surface area contributed by atoms with Gasteiger partial charge < -0.3 is 9.47 Å². The molecule has 0 atom stereocenters. The Morgan fingerprint density at radius 2 is 1.97 bits per heavy atom.